The molecule has 2 N–H and O–H groups in total. The number of ether oxygens (including phenoxy) is 1. The minimum absolute atomic E-state index is 0.299. The Kier molecular flexibility index (Phi) is 2.49. The van der Waals surface area contributed by atoms with E-state index >= 15 is 0 Å². The zero-order valence-corrected chi connectivity index (χ0v) is 5.97. The Bertz CT molecular complexity index is 77.0. The molecule has 1 saturated heterocycles. The van der Waals surface area contributed by atoms with E-state index in [1.54, 1.807) is 0 Å². The van der Waals surface area contributed by atoms with Crippen molar-refractivity contribution in [2.75, 3.05) is 6.61 Å². The zero-order chi connectivity index (χ0) is 6.69. The fourth-order valence-electron chi connectivity index (χ4n) is 1.24. The summed E-state index contributed by atoms with van der Waals surface area (Å²) in [5.74, 6) is 0. The molecule has 0 radical (unpaired) electrons. The predicted molar refractivity (Wildman–Crippen MR) is 37.2 cm³/mol. The quantitative estimate of drug-likeness (QED) is 0.601. The maximum Gasteiger partial charge on any atom is 0.0590 e. The molecule has 1 unspecified atom stereocenters. The van der Waals surface area contributed by atoms with E-state index in [2.05, 4.69) is 0 Å². The van der Waals surface area contributed by atoms with E-state index in [0.29, 0.717) is 12.1 Å². The van der Waals surface area contributed by atoms with Crippen LogP contribution in [0.3, 0.4) is 0 Å². The molecule has 0 bridgehead atoms. The number of hydrogen-bond donors (Lipinski definition) is 1. The first-order chi connectivity index (χ1) is 4.29. The molecule has 1 fully saturated rings. The van der Waals surface area contributed by atoms with Gasteiger partial charge in [0, 0.05) is 12.6 Å². The summed E-state index contributed by atoms with van der Waals surface area (Å²) in [6, 6.07) is 0.299. The molecule has 1 heterocycles. The number of hydrogen-bond acceptors (Lipinski definition) is 2. The van der Waals surface area contributed by atoms with Gasteiger partial charge in [-0.15, -0.1) is 0 Å². The number of nitrogens with two attached hydrogens (primary N) is 1. The van der Waals surface area contributed by atoms with Gasteiger partial charge in [0.2, 0.25) is 0 Å². The van der Waals surface area contributed by atoms with E-state index in [4.69, 9.17) is 10.5 Å². The summed E-state index contributed by atoms with van der Waals surface area (Å²) >= 11 is 0. The molecule has 0 aromatic heterocycles. The van der Waals surface area contributed by atoms with Crippen LogP contribution < -0.4 is 5.73 Å². The Morgan fingerprint density at radius 3 is 3.00 bits per heavy atom. The third kappa shape index (κ3) is 2.33. The van der Waals surface area contributed by atoms with Gasteiger partial charge in [0.1, 0.15) is 0 Å². The Balaban J connectivity index is 2.11. The summed E-state index contributed by atoms with van der Waals surface area (Å²) in [6.45, 7) is 2.97. The first kappa shape index (κ1) is 7.03. The molecule has 1 aliphatic rings. The second kappa shape index (κ2) is 3.18. The van der Waals surface area contributed by atoms with Gasteiger partial charge in [0.05, 0.1) is 6.10 Å². The largest absolute Gasteiger partial charge is 0.378 e. The van der Waals surface area contributed by atoms with Gasteiger partial charge in [-0.3, -0.25) is 0 Å². The van der Waals surface area contributed by atoms with Crippen LogP contribution in [0.15, 0.2) is 0 Å². The highest BCUT2D eigenvalue weighted by molar-refractivity contribution is 4.68. The van der Waals surface area contributed by atoms with E-state index in [0.717, 1.165) is 13.0 Å². The van der Waals surface area contributed by atoms with Gasteiger partial charge in [-0.05, 0) is 26.2 Å². The molecule has 54 valence electrons. The van der Waals surface area contributed by atoms with Crippen molar-refractivity contribution >= 4 is 0 Å². The first-order valence-corrected chi connectivity index (χ1v) is 3.66. The molecule has 0 aliphatic carbocycles. The molecule has 0 aromatic carbocycles. The molecule has 0 saturated carbocycles. The standard InChI is InChI=1S/C7H15NO/c1-6(8)5-7-3-2-4-9-7/h6-7H,2-5,8H2,1H3/t6-,7?/m0/s1. The summed E-state index contributed by atoms with van der Waals surface area (Å²) in [6.07, 6.45) is 3.92. The van der Waals surface area contributed by atoms with Crippen LogP contribution in [0, 0.1) is 0 Å². The van der Waals surface area contributed by atoms with Crippen LogP contribution in [-0.4, -0.2) is 18.8 Å². The van der Waals surface area contributed by atoms with Gasteiger partial charge in [-0.25, -0.2) is 0 Å². The average molecular weight is 129 g/mol. The second-order valence-corrected chi connectivity index (χ2v) is 2.85. The van der Waals surface area contributed by atoms with E-state index in [9.17, 15) is 0 Å². The van der Waals surface area contributed by atoms with Gasteiger partial charge in [0.15, 0.2) is 0 Å². The lowest BCUT2D eigenvalue weighted by Gasteiger charge is -2.10. The van der Waals surface area contributed by atoms with E-state index in [1.807, 2.05) is 6.92 Å². The molecular formula is C7H15NO. The highest BCUT2D eigenvalue weighted by Gasteiger charge is 2.15. The predicted octanol–water partition coefficient (Wildman–Crippen LogP) is 0.903. The van der Waals surface area contributed by atoms with Crippen molar-refractivity contribution in [3.05, 3.63) is 0 Å². The third-order valence-corrected chi connectivity index (χ3v) is 1.66. The molecule has 1 aliphatic heterocycles. The van der Waals surface area contributed by atoms with E-state index in [1.165, 1.54) is 12.8 Å². The molecule has 1 rings (SSSR count). The summed E-state index contributed by atoms with van der Waals surface area (Å²) in [7, 11) is 0. The minimum Gasteiger partial charge on any atom is -0.378 e. The van der Waals surface area contributed by atoms with E-state index < -0.39 is 0 Å². The highest BCUT2D eigenvalue weighted by Crippen LogP contribution is 2.15. The Hall–Kier alpha value is -0.0800. The Morgan fingerprint density at radius 2 is 2.56 bits per heavy atom. The van der Waals surface area contributed by atoms with Gasteiger partial charge in [-0.2, -0.15) is 0 Å². The van der Waals surface area contributed by atoms with Crippen molar-refractivity contribution in [2.45, 2.75) is 38.3 Å². The summed E-state index contributed by atoms with van der Waals surface area (Å²) in [5, 5.41) is 0. The first-order valence-electron chi connectivity index (χ1n) is 3.66. The van der Waals surface area contributed by atoms with Crippen molar-refractivity contribution in [3.63, 3.8) is 0 Å². The van der Waals surface area contributed by atoms with Crippen LogP contribution in [0.4, 0.5) is 0 Å². The molecular weight excluding hydrogens is 114 g/mol. The molecule has 0 amide bonds. The molecule has 2 heteroatoms. The van der Waals surface area contributed by atoms with Crippen molar-refractivity contribution in [1.82, 2.24) is 0 Å². The fourth-order valence-corrected chi connectivity index (χ4v) is 1.24. The minimum atomic E-state index is 0.299. The van der Waals surface area contributed by atoms with Gasteiger partial charge in [0.25, 0.3) is 0 Å². The summed E-state index contributed by atoms with van der Waals surface area (Å²) < 4.78 is 5.38. The molecule has 2 nitrogen and oxygen atoms in total. The van der Waals surface area contributed by atoms with Crippen LogP contribution in [-0.2, 0) is 4.74 Å². The van der Waals surface area contributed by atoms with Crippen LogP contribution in [0.5, 0.6) is 0 Å². The summed E-state index contributed by atoms with van der Waals surface area (Å²) in [4.78, 5) is 0. The fraction of sp³-hybridized carbons (Fsp3) is 1.00. The zero-order valence-electron chi connectivity index (χ0n) is 5.97. The van der Waals surface area contributed by atoms with Crippen molar-refractivity contribution in [3.8, 4) is 0 Å². The topological polar surface area (TPSA) is 35.2 Å². The van der Waals surface area contributed by atoms with Gasteiger partial charge < -0.3 is 10.5 Å². The number of rotatable bonds is 2. The maximum atomic E-state index is 5.59. The molecule has 0 spiro atoms. The van der Waals surface area contributed by atoms with Crippen LogP contribution in [0.2, 0.25) is 0 Å². The van der Waals surface area contributed by atoms with Crippen LogP contribution in [0.25, 0.3) is 0 Å². The van der Waals surface area contributed by atoms with Crippen molar-refractivity contribution in [2.24, 2.45) is 5.73 Å². The smallest absolute Gasteiger partial charge is 0.0590 e. The molecule has 0 aromatic rings. The normalized spacial score (nSPS) is 30.7. The van der Waals surface area contributed by atoms with E-state index in [-0.39, 0.29) is 0 Å². The Labute approximate surface area is 56.4 Å². The maximum absolute atomic E-state index is 5.59. The monoisotopic (exact) mass is 129 g/mol. The highest BCUT2D eigenvalue weighted by atomic mass is 16.5. The van der Waals surface area contributed by atoms with Crippen LogP contribution in [0.1, 0.15) is 26.2 Å². The van der Waals surface area contributed by atoms with Gasteiger partial charge >= 0.3 is 0 Å². The summed E-state index contributed by atoms with van der Waals surface area (Å²) in [5.41, 5.74) is 5.59. The lowest BCUT2D eigenvalue weighted by molar-refractivity contribution is 0.0997. The average Bonchev–Trinajstić information content (AvgIpc) is 2.15. The SMILES string of the molecule is C[C@H](N)CC1CCCO1. The second-order valence-electron chi connectivity index (χ2n) is 2.85. The van der Waals surface area contributed by atoms with Crippen LogP contribution >= 0.6 is 0 Å². The van der Waals surface area contributed by atoms with Gasteiger partial charge in [-0.1, -0.05) is 0 Å². The molecule has 2 atom stereocenters. The lowest BCUT2D eigenvalue weighted by Crippen LogP contribution is -2.22. The molecule has 9 heavy (non-hydrogen) atoms. The Morgan fingerprint density at radius 1 is 1.78 bits per heavy atom. The lowest BCUT2D eigenvalue weighted by atomic mass is 10.1. The van der Waals surface area contributed by atoms with Crippen molar-refractivity contribution in [1.29, 1.82) is 0 Å². The van der Waals surface area contributed by atoms with Crippen molar-refractivity contribution < 1.29 is 4.74 Å². The third-order valence-electron chi connectivity index (χ3n) is 1.66.